The van der Waals surface area contributed by atoms with Crippen LogP contribution in [0.1, 0.15) is 24.0 Å². The lowest BCUT2D eigenvalue weighted by Crippen LogP contribution is -2.41. The van der Waals surface area contributed by atoms with Crippen LogP contribution in [0.2, 0.25) is 0 Å². The number of carbonyl (C=O) groups is 1. The normalized spacial score (nSPS) is 16.3. The summed E-state index contributed by atoms with van der Waals surface area (Å²) in [6, 6.07) is 16.9. The molecular weight excluding hydrogens is 348 g/mol. The van der Waals surface area contributed by atoms with Gasteiger partial charge in [-0.3, -0.25) is 4.79 Å². The van der Waals surface area contributed by atoms with Crippen LogP contribution in [0.5, 0.6) is 0 Å². The molecule has 2 aromatic rings. The number of nitrogens with zero attached hydrogens (tertiary/aromatic N) is 1. The summed E-state index contributed by atoms with van der Waals surface area (Å²) in [6.45, 7) is 2.70. The molecule has 0 aliphatic carbocycles. The van der Waals surface area contributed by atoms with Gasteiger partial charge in [-0.2, -0.15) is 0 Å². The summed E-state index contributed by atoms with van der Waals surface area (Å²) in [6.07, 6.45) is 1.09. The second kappa shape index (κ2) is 8.01. The van der Waals surface area contributed by atoms with E-state index in [1.165, 1.54) is 4.31 Å². The van der Waals surface area contributed by atoms with E-state index in [1.807, 2.05) is 61.5 Å². The zero-order valence-electron chi connectivity index (χ0n) is 14.9. The van der Waals surface area contributed by atoms with Crippen molar-refractivity contribution in [2.75, 3.05) is 18.4 Å². The lowest BCUT2D eigenvalue weighted by Gasteiger charge is -2.30. The standard InChI is InChI=1S/C20H24N2O3S/c1-16-7-5-6-8-18(16)15-26(24,25)22-13-11-17(12-14-22)20(23)21-19-9-3-2-4-10-19/h2-10,17H,11-15H2,1H3,(H,21,23). The lowest BCUT2D eigenvalue weighted by atomic mass is 9.97. The Kier molecular flexibility index (Phi) is 5.74. The van der Waals surface area contributed by atoms with Gasteiger partial charge in [0.05, 0.1) is 5.75 Å². The number of amides is 1. The van der Waals surface area contributed by atoms with Gasteiger partial charge < -0.3 is 5.32 Å². The number of rotatable bonds is 5. The van der Waals surface area contributed by atoms with E-state index in [2.05, 4.69) is 5.32 Å². The zero-order chi connectivity index (χ0) is 18.6. The molecule has 5 nitrogen and oxygen atoms in total. The molecule has 1 aliphatic heterocycles. The van der Waals surface area contributed by atoms with Crippen molar-refractivity contribution in [1.82, 2.24) is 4.31 Å². The van der Waals surface area contributed by atoms with Gasteiger partial charge in [-0.25, -0.2) is 12.7 Å². The molecule has 0 unspecified atom stereocenters. The summed E-state index contributed by atoms with van der Waals surface area (Å²) >= 11 is 0. The van der Waals surface area contributed by atoms with Gasteiger partial charge in [0.1, 0.15) is 0 Å². The number of carbonyl (C=O) groups excluding carboxylic acids is 1. The first kappa shape index (κ1) is 18.6. The first-order valence-electron chi connectivity index (χ1n) is 8.84. The van der Waals surface area contributed by atoms with Crippen LogP contribution in [0.15, 0.2) is 54.6 Å². The summed E-state index contributed by atoms with van der Waals surface area (Å²) in [4.78, 5) is 12.4. The van der Waals surface area contributed by atoms with Crippen molar-refractivity contribution in [1.29, 1.82) is 0 Å². The Balaban J connectivity index is 1.57. The topological polar surface area (TPSA) is 66.5 Å². The van der Waals surface area contributed by atoms with E-state index < -0.39 is 10.0 Å². The Bertz CT molecular complexity index is 858. The van der Waals surface area contributed by atoms with Crippen LogP contribution in [0.4, 0.5) is 5.69 Å². The minimum Gasteiger partial charge on any atom is -0.326 e. The number of hydrogen-bond donors (Lipinski definition) is 1. The Hall–Kier alpha value is -2.18. The molecular formula is C20H24N2O3S. The van der Waals surface area contributed by atoms with E-state index >= 15 is 0 Å². The summed E-state index contributed by atoms with van der Waals surface area (Å²) < 4.78 is 26.9. The molecule has 1 saturated heterocycles. The van der Waals surface area contributed by atoms with Crippen LogP contribution in [0.3, 0.4) is 0 Å². The highest BCUT2D eigenvalue weighted by molar-refractivity contribution is 7.88. The van der Waals surface area contributed by atoms with Crippen LogP contribution in [-0.4, -0.2) is 31.7 Å². The van der Waals surface area contributed by atoms with Gasteiger partial charge in [0.15, 0.2) is 0 Å². The number of sulfonamides is 1. The van der Waals surface area contributed by atoms with Crippen LogP contribution in [0, 0.1) is 12.8 Å². The Morgan fingerprint density at radius 3 is 2.31 bits per heavy atom. The maximum absolute atomic E-state index is 12.7. The van der Waals surface area contributed by atoms with Crippen molar-refractivity contribution < 1.29 is 13.2 Å². The maximum Gasteiger partial charge on any atom is 0.227 e. The van der Waals surface area contributed by atoms with Gasteiger partial charge in [-0.1, -0.05) is 42.5 Å². The fourth-order valence-corrected chi connectivity index (χ4v) is 4.89. The van der Waals surface area contributed by atoms with Crippen LogP contribution in [0.25, 0.3) is 0 Å². The monoisotopic (exact) mass is 372 g/mol. The molecule has 6 heteroatoms. The molecule has 1 fully saturated rings. The Morgan fingerprint density at radius 1 is 1.04 bits per heavy atom. The third-order valence-electron chi connectivity index (χ3n) is 4.86. The molecule has 1 N–H and O–H groups in total. The summed E-state index contributed by atoms with van der Waals surface area (Å²) in [7, 11) is -3.37. The average molecular weight is 372 g/mol. The number of aryl methyl sites for hydroxylation is 1. The van der Waals surface area contributed by atoms with E-state index in [9.17, 15) is 13.2 Å². The largest absolute Gasteiger partial charge is 0.326 e. The van der Waals surface area contributed by atoms with Crippen molar-refractivity contribution in [3.8, 4) is 0 Å². The molecule has 3 rings (SSSR count). The minimum absolute atomic E-state index is 0.0144. The van der Waals surface area contributed by atoms with Gasteiger partial charge in [0.2, 0.25) is 15.9 Å². The second-order valence-electron chi connectivity index (χ2n) is 6.71. The third-order valence-corrected chi connectivity index (χ3v) is 6.69. The van der Waals surface area contributed by atoms with Crippen molar-refractivity contribution in [3.63, 3.8) is 0 Å². The number of para-hydroxylation sites is 1. The molecule has 26 heavy (non-hydrogen) atoms. The Morgan fingerprint density at radius 2 is 1.65 bits per heavy atom. The van der Waals surface area contributed by atoms with E-state index in [0.29, 0.717) is 25.9 Å². The van der Waals surface area contributed by atoms with Crippen LogP contribution < -0.4 is 5.32 Å². The van der Waals surface area contributed by atoms with Crippen molar-refractivity contribution in [2.45, 2.75) is 25.5 Å². The van der Waals surface area contributed by atoms with Gasteiger partial charge >= 0.3 is 0 Å². The number of benzene rings is 2. The number of nitrogens with one attached hydrogen (secondary N) is 1. The Labute approximate surface area is 155 Å². The smallest absolute Gasteiger partial charge is 0.227 e. The molecule has 0 saturated carbocycles. The SMILES string of the molecule is Cc1ccccc1CS(=O)(=O)N1CCC(C(=O)Nc2ccccc2)CC1. The van der Waals surface area contributed by atoms with E-state index in [1.54, 1.807) is 0 Å². The molecule has 1 heterocycles. The molecule has 1 amide bonds. The van der Waals surface area contributed by atoms with Gasteiger partial charge in [0.25, 0.3) is 0 Å². The summed E-state index contributed by atoms with van der Waals surface area (Å²) in [5, 5.41) is 2.91. The first-order chi connectivity index (χ1) is 12.5. The van der Waals surface area contributed by atoms with Gasteiger partial charge in [-0.15, -0.1) is 0 Å². The van der Waals surface area contributed by atoms with Crippen molar-refractivity contribution in [2.24, 2.45) is 5.92 Å². The zero-order valence-corrected chi connectivity index (χ0v) is 15.7. The number of hydrogen-bond acceptors (Lipinski definition) is 3. The molecule has 0 radical (unpaired) electrons. The van der Waals surface area contributed by atoms with Crippen LogP contribution in [-0.2, 0) is 20.6 Å². The van der Waals surface area contributed by atoms with Gasteiger partial charge in [-0.05, 0) is 43.0 Å². The lowest BCUT2D eigenvalue weighted by molar-refractivity contribution is -0.120. The minimum atomic E-state index is -3.37. The molecule has 0 spiro atoms. The van der Waals surface area contributed by atoms with Crippen LogP contribution >= 0.6 is 0 Å². The fourth-order valence-electron chi connectivity index (χ4n) is 3.22. The highest BCUT2D eigenvalue weighted by Crippen LogP contribution is 2.23. The first-order valence-corrected chi connectivity index (χ1v) is 10.4. The molecule has 2 aromatic carbocycles. The third kappa shape index (κ3) is 4.51. The quantitative estimate of drug-likeness (QED) is 0.877. The molecule has 0 atom stereocenters. The summed E-state index contributed by atoms with van der Waals surface area (Å²) in [5.74, 6) is -0.173. The second-order valence-corrected chi connectivity index (χ2v) is 8.68. The molecule has 0 aromatic heterocycles. The molecule has 0 bridgehead atoms. The van der Waals surface area contributed by atoms with E-state index in [4.69, 9.17) is 0 Å². The number of anilines is 1. The van der Waals surface area contributed by atoms with E-state index in [-0.39, 0.29) is 17.6 Å². The molecule has 1 aliphatic rings. The highest BCUT2D eigenvalue weighted by Gasteiger charge is 2.31. The van der Waals surface area contributed by atoms with Crippen molar-refractivity contribution in [3.05, 3.63) is 65.7 Å². The summed E-state index contributed by atoms with van der Waals surface area (Å²) in [5.41, 5.74) is 2.58. The maximum atomic E-state index is 12.7. The number of piperidine rings is 1. The van der Waals surface area contributed by atoms with E-state index in [0.717, 1.165) is 16.8 Å². The molecule has 138 valence electrons. The highest BCUT2D eigenvalue weighted by atomic mass is 32.2. The predicted molar refractivity (Wildman–Crippen MR) is 103 cm³/mol. The van der Waals surface area contributed by atoms with Crippen molar-refractivity contribution >= 4 is 21.6 Å². The fraction of sp³-hybridized carbons (Fsp3) is 0.350. The average Bonchev–Trinajstić information content (AvgIpc) is 2.64. The van der Waals surface area contributed by atoms with Gasteiger partial charge in [0, 0.05) is 24.7 Å². The predicted octanol–water partition coefficient (Wildman–Crippen LogP) is 3.18.